The number of likely N-dealkylation sites (tertiary alicyclic amines) is 1. The zero-order valence-electron chi connectivity index (χ0n) is 17.9. The summed E-state index contributed by atoms with van der Waals surface area (Å²) in [5.74, 6) is 0.0973. The maximum absolute atomic E-state index is 12.7. The van der Waals surface area contributed by atoms with Gasteiger partial charge in [0.05, 0.1) is 16.3 Å². The molecule has 2 aromatic rings. The van der Waals surface area contributed by atoms with Gasteiger partial charge in [-0.25, -0.2) is 4.98 Å². The minimum Gasteiger partial charge on any atom is -0.339 e. The first kappa shape index (κ1) is 21.8. The number of fused-ring (bicyclic) bond motifs is 1. The predicted molar refractivity (Wildman–Crippen MR) is 116 cm³/mol. The first-order chi connectivity index (χ1) is 15.4. The number of carbonyl (C=O) groups excluding carboxylic acids is 1. The Bertz CT molecular complexity index is 937. The fourth-order valence-electron chi connectivity index (χ4n) is 4.89. The Labute approximate surface area is 189 Å². The number of hydrogen-bond acceptors (Lipinski definition) is 5. The Balaban J connectivity index is 1.17. The summed E-state index contributed by atoms with van der Waals surface area (Å²) in [6.45, 7) is 3.41. The standard InChI is InChI=1S/C23H27F3N4OS/c24-23(25,26)20-5-4-16(14-27-20)22(31)30-10-6-15(7-11-30)21-28-18-8-12-29(17-2-1-3-17)13-9-19(18)32-21/h4-5,14-15,17H,1-3,6-13H2. The molecule has 2 fully saturated rings. The molecule has 1 amide bonds. The molecule has 0 aromatic carbocycles. The molecule has 0 spiro atoms. The fraction of sp³-hybridized carbons (Fsp3) is 0.609. The van der Waals surface area contributed by atoms with Gasteiger partial charge in [0.25, 0.3) is 5.91 Å². The van der Waals surface area contributed by atoms with E-state index < -0.39 is 11.9 Å². The van der Waals surface area contributed by atoms with E-state index in [-0.39, 0.29) is 11.5 Å². The second kappa shape index (κ2) is 8.74. The number of carbonyl (C=O) groups is 1. The lowest BCUT2D eigenvalue weighted by Gasteiger charge is -2.36. The van der Waals surface area contributed by atoms with Crippen LogP contribution in [0.15, 0.2) is 18.3 Å². The molecule has 0 radical (unpaired) electrons. The number of aromatic nitrogens is 2. The molecule has 9 heteroatoms. The maximum atomic E-state index is 12.7. The summed E-state index contributed by atoms with van der Waals surface area (Å²) in [4.78, 5) is 26.9. The van der Waals surface area contributed by atoms with Crippen molar-refractivity contribution in [3.8, 4) is 0 Å². The van der Waals surface area contributed by atoms with Crippen LogP contribution in [0.1, 0.15) is 69.7 Å². The van der Waals surface area contributed by atoms with E-state index in [1.165, 1.54) is 40.9 Å². The average molecular weight is 465 g/mol. The van der Waals surface area contributed by atoms with E-state index in [9.17, 15) is 18.0 Å². The van der Waals surface area contributed by atoms with Gasteiger partial charge in [-0.1, -0.05) is 6.42 Å². The van der Waals surface area contributed by atoms with Crippen molar-refractivity contribution in [3.05, 3.63) is 45.2 Å². The lowest BCUT2D eigenvalue weighted by Crippen LogP contribution is -2.41. The Morgan fingerprint density at radius 2 is 1.78 bits per heavy atom. The number of pyridine rings is 1. The summed E-state index contributed by atoms with van der Waals surface area (Å²) < 4.78 is 38.1. The minimum absolute atomic E-state index is 0.202. The van der Waals surface area contributed by atoms with Gasteiger partial charge in [0.15, 0.2) is 0 Å². The molecular formula is C23H27F3N4OS. The van der Waals surface area contributed by atoms with E-state index in [1.54, 1.807) is 4.90 Å². The predicted octanol–water partition coefficient (Wildman–Crippen LogP) is 4.53. The summed E-state index contributed by atoms with van der Waals surface area (Å²) in [5, 5.41) is 1.19. The zero-order chi connectivity index (χ0) is 22.3. The number of nitrogens with zero attached hydrogens (tertiary/aromatic N) is 4. The van der Waals surface area contributed by atoms with Crippen LogP contribution < -0.4 is 0 Å². The van der Waals surface area contributed by atoms with Crippen LogP contribution >= 0.6 is 11.3 Å². The molecule has 1 aliphatic carbocycles. The zero-order valence-corrected chi connectivity index (χ0v) is 18.7. The van der Waals surface area contributed by atoms with Crippen molar-refractivity contribution >= 4 is 17.2 Å². The van der Waals surface area contributed by atoms with Gasteiger partial charge in [0.2, 0.25) is 0 Å². The second-order valence-electron chi connectivity index (χ2n) is 9.04. The van der Waals surface area contributed by atoms with Crippen LogP contribution in [0.4, 0.5) is 13.2 Å². The molecule has 172 valence electrons. The Kier molecular flexibility index (Phi) is 5.96. The first-order valence-electron chi connectivity index (χ1n) is 11.4. The highest BCUT2D eigenvalue weighted by molar-refractivity contribution is 7.11. The monoisotopic (exact) mass is 464 g/mol. The minimum atomic E-state index is -4.50. The summed E-state index contributed by atoms with van der Waals surface area (Å²) in [6.07, 6.45) is 4.35. The molecule has 0 bridgehead atoms. The van der Waals surface area contributed by atoms with Crippen molar-refractivity contribution in [1.82, 2.24) is 19.8 Å². The summed E-state index contributed by atoms with van der Waals surface area (Å²) >= 11 is 1.85. The smallest absolute Gasteiger partial charge is 0.339 e. The van der Waals surface area contributed by atoms with Crippen LogP contribution in [0.3, 0.4) is 0 Å². The summed E-state index contributed by atoms with van der Waals surface area (Å²) in [6, 6.07) is 2.87. The van der Waals surface area contributed by atoms with Gasteiger partial charge in [-0.15, -0.1) is 11.3 Å². The third kappa shape index (κ3) is 4.41. The van der Waals surface area contributed by atoms with Gasteiger partial charge >= 0.3 is 6.18 Å². The lowest BCUT2D eigenvalue weighted by atomic mass is 9.91. The summed E-state index contributed by atoms with van der Waals surface area (Å²) in [5.41, 5.74) is 0.488. The van der Waals surface area contributed by atoms with Crippen molar-refractivity contribution in [2.24, 2.45) is 0 Å². The van der Waals surface area contributed by atoms with Crippen LogP contribution in [0, 0.1) is 0 Å². The van der Waals surface area contributed by atoms with Crippen LogP contribution in [0.5, 0.6) is 0 Å². The average Bonchev–Trinajstić information content (AvgIpc) is 3.07. The lowest BCUT2D eigenvalue weighted by molar-refractivity contribution is -0.141. The highest BCUT2D eigenvalue weighted by Gasteiger charge is 2.33. The van der Waals surface area contributed by atoms with Gasteiger partial charge in [0.1, 0.15) is 5.69 Å². The van der Waals surface area contributed by atoms with Crippen molar-refractivity contribution in [2.75, 3.05) is 26.2 Å². The van der Waals surface area contributed by atoms with Crippen molar-refractivity contribution < 1.29 is 18.0 Å². The topological polar surface area (TPSA) is 49.3 Å². The van der Waals surface area contributed by atoms with E-state index in [2.05, 4.69) is 9.88 Å². The van der Waals surface area contributed by atoms with E-state index in [0.29, 0.717) is 19.0 Å². The Hall–Kier alpha value is -2.00. The molecule has 0 N–H and O–H groups in total. The first-order valence-corrected chi connectivity index (χ1v) is 12.2. The largest absolute Gasteiger partial charge is 0.433 e. The molecule has 3 aliphatic rings. The SMILES string of the molecule is O=C(c1ccc(C(F)(F)F)nc1)N1CCC(c2nc3c(s2)CCN(C2CCC2)CC3)CC1. The van der Waals surface area contributed by atoms with Crippen molar-refractivity contribution in [1.29, 1.82) is 0 Å². The van der Waals surface area contributed by atoms with E-state index >= 15 is 0 Å². The van der Waals surface area contributed by atoms with Crippen LogP contribution in [0.25, 0.3) is 0 Å². The highest BCUT2D eigenvalue weighted by atomic mass is 32.1. The molecule has 32 heavy (non-hydrogen) atoms. The molecule has 1 saturated carbocycles. The third-order valence-corrected chi connectivity index (χ3v) is 8.40. The van der Waals surface area contributed by atoms with Gasteiger partial charge in [-0.05, 0) is 44.2 Å². The van der Waals surface area contributed by atoms with Crippen molar-refractivity contribution in [3.63, 3.8) is 0 Å². The second-order valence-corrected chi connectivity index (χ2v) is 10.2. The maximum Gasteiger partial charge on any atom is 0.433 e. The number of amides is 1. The number of thiazole rings is 1. The molecule has 1 saturated heterocycles. The molecule has 2 aliphatic heterocycles. The molecule has 2 aromatic heterocycles. The molecular weight excluding hydrogens is 437 g/mol. The van der Waals surface area contributed by atoms with E-state index in [0.717, 1.165) is 57.1 Å². The number of rotatable bonds is 3. The number of piperidine rings is 1. The van der Waals surface area contributed by atoms with Gasteiger partial charge in [-0.2, -0.15) is 13.2 Å². The van der Waals surface area contributed by atoms with E-state index in [4.69, 9.17) is 4.98 Å². The molecule has 5 rings (SSSR count). The Morgan fingerprint density at radius 1 is 1.03 bits per heavy atom. The van der Waals surface area contributed by atoms with E-state index in [1.807, 2.05) is 11.3 Å². The van der Waals surface area contributed by atoms with Gasteiger partial charge < -0.3 is 4.90 Å². The Morgan fingerprint density at radius 3 is 2.41 bits per heavy atom. The highest BCUT2D eigenvalue weighted by Crippen LogP contribution is 2.35. The summed E-state index contributed by atoms with van der Waals surface area (Å²) in [7, 11) is 0. The number of hydrogen-bond donors (Lipinski definition) is 0. The van der Waals surface area contributed by atoms with Gasteiger partial charge in [-0.3, -0.25) is 14.7 Å². The molecule has 5 nitrogen and oxygen atoms in total. The van der Waals surface area contributed by atoms with Gasteiger partial charge in [0, 0.05) is 55.6 Å². The van der Waals surface area contributed by atoms with Crippen LogP contribution in [0.2, 0.25) is 0 Å². The van der Waals surface area contributed by atoms with Crippen molar-refractivity contribution in [2.45, 2.75) is 63.1 Å². The van der Waals surface area contributed by atoms with Crippen LogP contribution in [-0.4, -0.2) is 57.9 Å². The third-order valence-electron chi connectivity index (χ3n) is 7.08. The fourth-order valence-corrected chi connectivity index (χ4v) is 6.16. The molecule has 0 unspecified atom stereocenters. The molecule has 0 atom stereocenters. The number of halogens is 3. The molecule has 4 heterocycles. The quantitative estimate of drug-likeness (QED) is 0.670. The van der Waals surface area contributed by atoms with Crippen LogP contribution in [-0.2, 0) is 19.0 Å². The normalized spacial score (nSPS) is 21.2. The number of alkyl halides is 3.